The van der Waals surface area contributed by atoms with Crippen LogP contribution < -0.4 is 10.1 Å². The number of ketones is 1. The number of aliphatic hydroxyl groups is 2. The van der Waals surface area contributed by atoms with Crippen molar-refractivity contribution in [2.45, 2.75) is 44.6 Å². The van der Waals surface area contributed by atoms with Crippen LogP contribution >= 0.6 is 0 Å². The minimum Gasteiger partial charge on any atom is -0.484 e. The van der Waals surface area contributed by atoms with Gasteiger partial charge in [-0.2, -0.15) is 0 Å². The number of nitrogens with zero attached hydrogens (tertiary/aromatic N) is 1. The van der Waals surface area contributed by atoms with E-state index in [4.69, 9.17) is 4.74 Å². The number of β-amino-alcohol motifs (C(OH)–C–C–N with tert-alkyl or cyclic N) is 1. The standard InChI is InChI=1S/C25H30F2N2O6/c1-13(15(10-30)8-14-6-7-28-23(14)33)21(32)20-22-24(2,3)25(22,34)12-29(20)19(31)11-35-16-4-5-17(26)18(27)9-16/h4-5,9-10,14-15,20,22-23,28,33-34H,1,6-8,11-12H2,2-3H3/t14-,15-,20+,22-,23?,25+/m0/s1. The lowest BCUT2D eigenvalue weighted by Crippen LogP contribution is -2.49. The summed E-state index contributed by atoms with van der Waals surface area (Å²) < 4.78 is 31.9. The normalized spacial score (nSPS) is 31.5. The van der Waals surface area contributed by atoms with Crippen molar-refractivity contribution in [3.05, 3.63) is 42.0 Å². The third-order valence-electron chi connectivity index (χ3n) is 8.03. The molecular formula is C25H30F2N2O6. The number of ether oxygens (including phenoxy) is 1. The summed E-state index contributed by atoms with van der Waals surface area (Å²) in [5, 5.41) is 24.0. The van der Waals surface area contributed by atoms with Crippen LogP contribution in [0.15, 0.2) is 30.4 Å². The Morgan fingerprint density at radius 2 is 2.06 bits per heavy atom. The minimum absolute atomic E-state index is 0.0235. The predicted octanol–water partition coefficient (Wildman–Crippen LogP) is 1.20. The molecule has 190 valence electrons. The van der Waals surface area contributed by atoms with Crippen LogP contribution in [0.2, 0.25) is 0 Å². The van der Waals surface area contributed by atoms with Crippen molar-refractivity contribution in [3.8, 4) is 5.75 Å². The maximum absolute atomic E-state index is 13.6. The summed E-state index contributed by atoms with van der Waals surface area (Å²) in [6.07, 6.45) is 0.743. The summed E-state index contributed by atoms with van der Waals surface area (Å²) in [6.45, 7) is 7.40. The van der Waals surface area contributed by atoms with Gasteiger partial charge in [0.2, 0.25) is 0 Å². The van der Waals surface area contributed by atoms with E-state index in [1.807, 2.05) is 0 Å². The number of fused-ring (bicyclic) bond motifs is 1. The second-order valence-corrected chi connectivity index (χ2v) is 10.3. The number of piperidine rings is 1. The molecule has 1 unspecified atom stereocenters. The van der Waals surface area contributed by atoms with E-state index >= 15 is 0 Å². The molecule has 0 radical (unpaired) electrons. The Kier molecular flexibility index (Phi) is 6.58. The molecule has 0 bridgehead atoms. The van der Waals surface area contributed by atoms with Crippen LogP contribution in [-0.2, 0) is 14.4 Å². The predicted molar refractivity (Wildman–Crippen MR) is 120 cm³/mol. The highest BCUT2D eigenvalue weighted by Gasteiger charge is 2.80. The molecule has 3 N–H and O–H groups in total. The van der Waals surface area contributed by atoms with E-state index in [0.29, 0.717) is 19.3 Å². The number of aldehydes is 1. The lowest BCUT2D eigenvalue weighted by Gasteiger charge is -2.31. The summed E-state index contributed by atoms with van der Waals surface area (Å²) in [5.41, 5.74) is -1.89. The molecule has 1 saturated carbocycles. The first-order valence-corrected chi connectivity index (χ1v) is 11.6. The first-order chi connectivity index (χ1) is 16.4. The van der Waals surface area contributed by atoms with E-state index in [-0.39, 0.29) is 30.2 Å². The summed E-state index contributed by atoms with van der Waals surface area (Å²) in [5.74, 6) is -4.98. The first-order valence-electron chi connectivity index (χ1n) is 11.6. The molecule has 2 aliphatic heterocycles. The molecule has 2 saturated heterocycles. The van der Waals surface area contributed by atoms with Crippen LogP contribution in [0.3, 0.4) is 0 Å². The molecule has 0 aromatic heterocycles. The Bertz CT molecular complexity index is 1060. The van der Waals surface area contributed by atoms with Gasteiger partial charge in [0, 0.05) is 34.8 Å². The van der Waals surface area contributed by atoms with E-state index in [2.05, 4.69) is 11.9 Å². The van der Waals surface area contributed by atoms with E-state index in [9.17, 15) is 33.4 Å². The Labute approximate surface area is 201 Å². The zero-order valence-corrected chi connectivity index (χ0v) is 19.7. The Morgan fingerprint density at radius 3 is 2.66 bits per heavy atom. The molecule has 10 heteroatoms. The highest BCUT2D eigenvalue weighted by Crippen LogP contribution is 2.68. The zero-order chi connectivity index (χ0) is 25.7. The van der Waals surface area contributed by atoms with Gasteiger partial charge >= 0.3 is 0 Å². The van der Waals surface area contributed by atoms with Crippen LogP contribution in [0.4, 0.5) is 8.78 Å². The number of carbonyl (C=O) groups is 3. The van der Waals surface area contributed by atoms with Crippen LogP contribution in [-0.4, -0.2) is 70.7 Å². The van der Waals surface area contributed by atoms with Crippen LogP contribution in [0.25, 0.3) is 0 Å². The first kappa shape index (κ1) is 25.4. The number of aliphatic hydroxyl groups excluding tert-OH is 1. The van der Waals surface area contributed by atoms with Gasteiger partial charge in [-0.15, -0.1) is 0 Å². The van der Waals surface area contributed by atoms with Crippen LogP contribution in [0, 0.1) is 34.8 Å². The number of hydrogen-bond acceptors (Lipinski definition) is 7. The summed E-state index contributed by atoms with van der Waals surface area (Å²) in [7, 11) is 0. The molecule has 8 nitrogen and oxygen atoms in total. The number of amides is 1. The Morgan fingerprint density at radius 1 is 1.34 bits per heavy atom. The van der Waals surface area contributed by atoms with Crippen LogP contribution in [0.1, 0.15) is 26.7 Å². The fourth-order valence-electron chi connectivity index (χ4n) is 5.67. The summed E-state index contributed by atoms with van der Waals surface area (Å²) in [6, 6.07) is 1.82. The third kappa shape index (κ3) is 4.28. The zero-order valence-electron chi connectivity index (χ0n) is 19.7. The highest BCUT2D eigenvalue weighted by atomic mass is 19.2. The van der Waals surface area contributed by atoms with E-state index < -0.39 is 65.1 Å². The van der Waals surface area contributed by atoms with E-state index in [1.54, 1.807) is 13.8 Å². The monoisotopic (exact) mass is 492 g/mol. The molecule has 2 heterocycles. The van der Waals surface area contributed by atoms with Gasteiger partial charge in [-0.3, -0.25) is 14.9 Å². The molecule has 3 fully saturated rings. The number of benzene rings is 1. The number of nitrogens with one attached hydrogen (secondary N) is 1. The van der Waals surface area contributed by atoms with Gasteiger partial charge in [0.25, 0.3) is 5.91 Å². The minimum atomic E-state index is -1.28. The van der Waals surface area contributed by atoms with Crippen molar-refractivity contribution in [1.82, 2.24) is 10.2 Å². The average molecular weight is 493 g/mol. The largest absolute Gasteiger partial charge is 0.484 e. The fraction of sp³-hybridized carbons (Fsp3) is 0.560. The molecule has 1 amide bonds. The van der Waals surface area contributed by atoms with Crippen molar-refractivity contribution in [3.63, 3.8) is 0 Å². The molecule has 3 aliphatic rings. The number of carbonyl (C=O) groups excluding carboxylic acids is 3. The number of hydrogen-bond donors (Lipinski definition) is 3. The smallest absolute Gasteiger partial charge is 0.261 e. The number of likely N-dealkylation sites (tertiary alicyclic amines) is 1. The molecule has 35 heavy (non-hydrogen) atoms. The Hall–Kier alpha value is -2.69. The van der Waals surface area contributed by atoms with E-state index in [0.717, 1.165) is 12.1 Å². The second kappa shape index (κ2) is 9.07. The van der Waals surface area contributed by atoms with Crippen molar-refractivity contribution < 1.29 is 38.1 Å². The average Bonchev–Trinajstić information content (AvgIpc) is 3.17. The molecule has 6 atom stereocenters. The lowest BCUT2D eigenvalue weighted by atomic mass is 9.84. The fourth-order valence-corrected chi connectivity index (χ4v) is 5.67. The molecule has 4 rings (SSSR count). The van der Waals surface area contributed by atoms with Gasteiger partial charge in [0.15, 0.2) is 24.0 Å². The maximum Gasteiger partial charge on any atom is 0.261 e. The molecule has 1 aromatic carbocycles. The lowest BCUT2D eigenvalue weighted by molar-refractivity contribution is -0.140. The van der Waals surface area contributed by atoms with Gasteiger partial charge in [-0.05, 0) is 31.5 Å². The van der Waals surface area contributed by atoms with Gasteiger partial charge in [0.1, 0.15) is 24.3 Å². The van der Waals surface area contributed by atoms with Gasteiger partial charge in [-0.1, -0.05) is 20.4 Å². The summed E-state index contributed by atoms with van der Waals surface area (Å²) >= 11 is 0. The van der Waals surface area contributed by atoms with Crippen molar-refractivity contribution >= 4 is 18.0 Å². The SMILES string of the molecule is C=C(C(=O)[C@@H]1[C@H]2C(C)(C)[C@@]2(O)CN1C(=O)COc1ccc(F)c(F)c1)[C@H](C=O)C[C@@H]1CCNC1O. The molecule has 1 aromatic rings. The van der Waals surface area contributed by atoms with Crippen LogP contribution in [0.5, 0.6) is 5.75 Å². The molecular weight excluding hydrogens is 462 g/mol. The second-order valence-electron chi connectivity index (χ2n) is 10.3. The van der Waals surface area contributed by atoms with Gasteiger partial charge < -0.3 is 24.6 Å². The summed E-state index contributed by atoms with van der Waals surface area (Å²) in [4.78, 5) is 39.6. The molecule has 0 spiro atoms. The third-order valence-corrected chi connectivity index (χ3v) is 8.03. The highest BCUT2D eigenvalue weighted by molar-refractivity contribution is 6.04. The maximum atomic E-state index is 13.6. The topological polar surface area (TPSA) is 116 Å². The number of rotatable bonds is 9. The van der Waals surface area contributed by atoms with Gasteiger partial charge in [-0.25, -0.2) is 8.78 Å². The van der Waals surface area contributed by atoms with Crippen molar-refractivity contribution in [2.24, 2.45) is 23.2 Å². The van der Waals surface area contributed by atoms with E-state index in [1.165, 1.54) is 11.0 Å². The van der Waals surface area contributed by atoms with Crippen molar-refractivity contribution in [2.75, 3.05) is 19.7 Å². The molecule has 1 aliphatic carbocycles. The quantitative estimate of drug-likeness (QED) is 0.350. The van der Waals surface area contributed by atoms with Crippen molar-refractivity contribution in [1.29, 1.82) is 0 Å². The Balaban J connectivity index is 1.50. The van der Waals surface area contributed by atoms with Gasteiger partial charge in [0.05, 0.1) is 12.1 Å². The number of Topliss-reactive ketones (excluding diaryl/α,β-unsaturated/α-hetero) is 1. The number of halogens is 2.